The van der Waals surface area contributed by atoms with E-state index in [1.807, 2.05) is 85.8 Å². The van der Waals surface area contributed by atoms with Crippen LogP contribution in [0.4, 0.5) is 5.69 Å². The van der Waals surface area contributed by atoms with Crippen LogP contribution in [-0.4, -0.2) is 12.0 Å². The third-order valence-corrected chi connectivity index (χ3v) is 4.87. The summed E-state index contributed by atoms with van der Waals surface area (Å²) in [6.45, 7) is 3.75. The molecule has 1 amide bonds. The first kappa shape index (κ1) is 18.1. The number of anilines is 1. The Hall–Kier alpha value is -2.72. The smallest absolute Gasteiger partial charge is 0.265 e. The summed E-state index contributed by atoms with van der Waals surface area (Å²) in [4.78, 5) is 14.7. The summed E-state index contributed by atoms with van der Waals surface area (Å²) in [7, 11) is 0. The molecule has 0 bridgehead atoms. The molecule has 3 aromatic carbocycles. The number of carbonyl (C=O) groups is 1. The third-order valence-electron chi connectivity index (χ3n) is 3.79. The van der Waals surface area contributed by atoms with Crippen molar-refractivity contribution in [1.82, 2.24) is 0 Å². The Kier molecular flexibility index (Phi) is 5.97. The van der Waals surface area contributed by atoms with Crippen LogP contribution in [-0.2, 0) is 4.79 Å². The second-order valence-corrected chi connectivity index (χ2v) is 7.09. The van der Waals surface area contributed by atoms with Gasteiger partial charge in [0, 0.05) is 9.79 Å². The molecule has 0 aliphatic heterocycles. The minimum absolute atomic E-state index is 0.174. The van der Waals surface area contributed by atoms with Gasteiger partial charge in [-0.05, 0) is 55.8 Å². The molecule has 1 atom stereocenters. The second kappa shape index (κ2) is 8.59. The Bertz CT molecular complexity index is 880. The zero-order chi connectivity index (χ0) is 18.4. The Morgan fingerprint density at radius 3 is 2.46 bits per heavy atom. The highest BCUT2D eigenvalue weighted by Crippen LogP contribution is 2.33. The normalized spacial score (nSPS) is 11.6. The Labute approximate surface area is 158 Å². The molecule has 0 spiro atoms. The summed E-state index contributed by atoms with van der Waals surface area (Å²) < 4.78 is 5.77. The lowest BCUT2D eigenvalue weighted by Gasteiger charge is -2.16. The first-order valence-corrected chi connectivity index (χ1v) is 9.29. The quantitative estimate of drug-likeness (QED) is 0.624. The summed E-state index contributed by atoms with van der Waals surface area (Å²) in [6.07, 6.45) is -0.591. The van der Waals surface area contributed by atoms with Crippen LogP contribution in [0.25, 0.3) is 0 Å². The molecular weight excluding hydrogens is 342 g/mol. The molecule has 0 aliphatic carbocycles. The zero-order valence-electron chi connectivity index (χ0n) is 14.8. The molecular formula is C22H21NO2S. The summed E-state index contributed by atoms with van der Waals surface area (Å²) in [5.74, 6) is 0.521. The van der Waals surface area contributed by atoms with E-state index in [1.165, 1.54) is 0 Å². The molecule has 0 heterocycles. The van der Waals surface area contributed by atoms with Crippen LogP contribution < -0.4 is 10.1 Å². The second-order valence-electron chi connectivity index (χ2n) is 5.98. The lowest BCUT2D eigenvalue weighted by atomic mass is 10.2. The van der Waals surface area contributed by atoms with E-state index >= 15 is 0 Å². The summed E-state index contributed by atoms with van der Waals surface area (Å²) >= 11 is 1.62. The van der Waals surface area contributed by atoms with Crippen LogP contribution in [0, 0.1) is 6.92 Å². The van der Waals surface area contributed by atoms with Crippen LogP contribution >= 0.6 is 11.8 Å². The fourth-order valence-electron chi connectivity index (χ4n) is 2.46. The van der Waals surface area contributed by atoms with Gasteiger partial charge in [-0.1, -0.05) is 54.2 Å². The van der Waals surface area contributed by atoms with Gasteiger partial charge in [0.05, 0.1) is 5.69 Å². The lowest BCUT2D eigenvalue weighted by molar-refractivity contribution is -0.122. The molecule has 0 aromatic heterocycles. The van der Waals surface area contributed by atoms with E-state index in [9.17, 15) is 4.79 Å². The van der Waals surface area contributed by atoms with Gasteiger partial charge in [-0.15, -0.1) is 0 Å². The number of nitrogens with one attached hydrogen (secondary N) is 1. The SMILES string of the molecule is Cc1cccc(O[C@@H](C)C(=O)Nc2ccccc2Sc2ccccc2)c1. The highest BCUT2D eigenvalue weighted by molar-refractivity contribution is 7.99. The minimum Gasteiger partial charge on any atom is -0.481 e. The Balaban J connectivity index is 1.69. The number of hydrogen-bond donors (Lipinski definition) is 1. The number of amides is 1. The summed E-state index contributed by atoms with van der Waals surface area (Å²) in [5.41, 5.74) is 1.88. The number of benzene rings is 3. The van der Waals surface area contributed by atoms with Gasteiger partial charge in [0.15, 0.2) is 6.10 Å². The van der Waals surface area contributed by atoms with Gasteiger partial charge < -0.3 is 10.1 Å². The molecule has 132 valence electrons. The summed E-state index contributed by atoms with van der Waals surface area (Å²) in [5, 5.41) is 2.98. The highest BCUT2D eigenvalue weighted by atomic mass is 32.2. The topological polar surface area (TPSA) is 38.3 Å². The predicted molar refractivity (Wildman–Crippen MR) is 107 cm³/mol. The lowest BCUT2D eigenvalue weighted by Crippen LogP contribution is -2.30. The van der Waals surface area contributed by atoms with Gasteiger partial charge in [-0.2, -0.15) is 0 Å². The van der Waals surface area contributed by atoms with Gasteiger partial charge in [0.2, 0.25) is 0 Å². The molecule has 0 fully saturated rings. The molecule has 0 unspecified atom stereocenters. The van der Waals surface area contributed by atoms with Gasteiger partial charge in [0.1, 0.15) is 5.75 Å². The van der Waals surface area contributed by atoms with Gasteiger partial charge in [0.25, 0.3) is 5.91 Å². The average Bonchev–Trinajstić information content (AvgIpc) is 2.64. The molecule has 0 saturated carbocycles. The van der Waals surface area contributed by atoms with Crippen LogP contribution in [0.2, 0.25) is 0 Å². The number of rotatable bonds is 6. The zero-order valence-corrected chi connectivity index (χ0v) is 15.6. The molecule has 3 nitrogen and oxygen atoms in total. The molecule has 0 radical (unpaired) electrons. The van der Waals surface area contributed by atoms with Crippen LogP contribution in [0.15, 0.2) is 88.7 Å². The van der Waals surface area contributed by atoms with E-state index in [0.717, 1.165) is 21.0 Å². The van der Waals surface area contributed by atoms with E-state index in [2.05, 4.69) is 5.32 Å². The van der Waals surface area contributed by atoms with Crippen molar-refractivity contribution >= 4 is 23.4 Å². The maximum absolute atomic E-state index is 12.6. The molecule has 0 saturated heterocycles. The molecule has 3 rings (SSSR count). The van der Waals surface area contributed by atoms with Crippen molar-refractivity contribution in [2.45, 2.75) is 29.7 Å². The standard InChI is InChI=1S/C22H21NO2S/c1-16-9-8-10-18(15-16)25-17(2)22(24)23-20-13-6-7-14-21(20)26-19-11-4-3-5-12-19/h3-15,17H,1-2H3,(H,23,24)/t17-/m0/s1. The first-order valence-electron chi connectivity index (χ1n) is 8.48. The molecule has 4 heteroatoms. The van der Waals surface area contributed by atoms with E-state index in [0.29, 0.717) is 5.75 Å². The van der Waals surface area contributed by atoms with Gasteiger partial charge in [-0.3, -0.25) is 4.79 Å². The van der Waals surface area contributed by atoms with Crippen LogP contribution in [0.5, 0.6) is 5.75 Å². The molecule has 3 aromatic rings. The van der Waals surface area contributed by atoms with Crippen molar-refractivity contribution in [2.75, 3.05) is 5.32 Å². The van der Waals surface area contributed by atoms with Gasteiger partial charge >= 0.3 is 0 Å². The summed E-state index contributed by atoms with van der Waals surface area (Å²) in [6, 6.07) is 25.6. The number of para-hydroxylation sites is 1. The predicted octanol–water partition coefficient (Wildman–Crippen LogP) is 5.55. The Morgan fingerprint density at radius 2 is 1.69 bits per heavy atom. The highest BCUT2D eigenvalue weighted by Gasteiger charge is 2.16. The van der Waals surface area contributed by atoms with Crippen molar-refractivity contribution in [3.05, 3.63) is 84.4 Å². The van der Waals surface area contributed by atoms with Crippen molar-refractivity contribution in [3.8, 4) is 5.75 Å². The van der Waals surface area contributed by atoms with E-state index in [-0.39, 0.29) is 5.91 Å². The number of aryl methyl sites for hydroxylation is 1. The third kappa shape index (κ3) is 4.90. The van der Waals surface area contributed by atoms with Crippen LogP contribution in [0.3, 0.4) is 0 Å². The molecule has 0 aliphatic rings. The number of carbonyl (C=O) groups excluding carboxylic acids is 1. The van der Waals surface area contributed by atoms with E-state index < -0.39 is 6.10 Å². The number of ether oxygens (including phenoxy) is 1. The fourth-order valence-corrected chi connectivity index (χ4v) is 3.38. The molecule has 26 heavy (non-hydrogen) atoms. The minimum atomic E-state index is -0.591. The van der Waals surface area contributed by atoms with Crippen LogP contribution in [0.1, 0.15) is 12.5 Å². The number of hydrogen-bond acceptors (Lipinski definition) is 3. The van der Waals surface area contributed by atoms with E-state index in [1.54, 1.807) is 18.7 Å². The largest absolute Gasteiger partial charge is 0.481 e. The van der Waals surface area contributed by atoms with Crippen molar-refractivity contribution in [1.29, 1.82) is 0 Å². The molecule has 1 N–H and O–H groups in total. The van der Waals surface area contributed by atoms with Crippen molar-refractivity contribution in [3.63, 3.8) is 0 Å². The average molecular weight is 363 g/mol. The van der Waals surface area contributed by atoms with E-state index in [4.69, 9.17) is 4.74 Å². The fraction of sp³-hybridized carbons (Fsp3) is 0.136. The van der Waals surface area contributed by atoms with Crippen molar-refractivity contribution < 1.29 is 9.53 Å². The monoisotopic (exact) mass is 363 g/mol. The maximum atomic E-state index is 12.6. The maximum Gasteiger partial charge on any atom is 0.265 e. The van der Waals surface area contributed by atoms with Crippen molar-refractivity contribution in [2.24, 2.45) is 0 Å². The van der Waals surface area contributed by atoms with Gasteiger partial charge in [-0.25, -0.2) is 0 Å². The first-order chi connectivity index (χ1) is 12.6. The Morgan fingerprint density at radius 1 is 0.962 bits per heavy atom.